The monoisotopic (exact) mass is 952 g/mol. The standard InChI is InChI=1S/C35H36O4.C28H32O4/c1-3-36-34(37-4-2)25-39-30-18-15-28(16-19-30)35-32(27-13-9-6-10-14-27)21-17-29-23-31(20-22-33(29)35)38-24-26-11-7-5-8-12-26;1-3-30-27(31-4-2)19-32-24-14-10-21(11-15-24)28-25(20-8-6-5-7-9-20)16-12-22-18-23(29)13-17-26(22)28/h5-16,18-20,22-23,34H,3-4,17,21,24-25H2,1-2H3;5-11,13-15,17-18,25,27-29H,3-4,12,16,19H2,1-2H3/t;25-,28+/m.1/s1. The molecule has 0 amide bonds. The molecule has 0 radical (unpaired) electrons. The molecule has 71 heavy (non-hydrogen) atoms. The molecule has 0 unspecified atom stereocenters. The Hall–Kier alpha value is -6.68. The first kappa shape index (κ1) is 50.7. The molecule has 0 aliphatic heterocycles. The van der Waals surface area contributed by atoms with Crippen molar-refractivity contribution in [2.24, 2.45) is 0 Å². The van der Waals surface area contributed by atoms with Crippen LogP contribution >= 0.6 is 0 Å². The number of phenolic OH excluding ortho intramolecular Hbond substituents is 1. The first-order valence-corrected chi connectivity index (χ1v) is 25.3. The lowest BCUT2D eigenvalue weighted by molar-refractivity contribution is -0.152. The molecule has 0 heterocycles. The lowest BCUT2D eigenvalue weighted by atomic mass is 9.69. The summed E-state index contributed by atoms with van der Waals surface area (Å²) in [5.74, 6) is 3.46. The van der Waals surface area contributed by atoms with Crippen molar-refractivity contribution in [2.75, 3.05) is 39.6 Å². The van der Waals surface area contributed by atoms with Crippen LogP contribution in [0.5, 0.6) is 23.0 Å². The van der Waals surface area contributed by atoms with Crippen LogP contribution in [0.15, 0.2) is 176 Å². The van der Waals surface area contributed by atoms with E-state index >= 15 is 0 Å². The Morgan fingerprint density at radius 1 is 0.479 bits per heavy atom. The molecule has 9 rings (SSSR count). The van der Waals surface area contributed by atoms with Gasteiger partial charge in [-0.25, -0.2) is 0 Å². The maximum Gasteiger partial charge on any atom is 0.191 e. The third-order valence-electron chi connectivity index (χ3n) is 13.0. The van der Waals surface area contributed by atoms with Crippen LogP contribution in [0.1, 0.15) is 102 Å². The third kappa shape index (κ3) is 13.6. The molecule has 8 heteroatoms. The fourth-order valence-corrected chi connectivity index (χ4v) is 9.78. The average Bonchev–Trinajstić information content (AvgIpc) is 3.42. The highest BCUT2D eigenvalue weighted by molar-refractivity contribution is 6.01. The summed E-state index contributed by atoms with van der Waals surface area (Å²) >= 11 is 0. The minimum atomic E-state index is -0.365. The molecular weight excluding hydrogens is 885 g/mol. The van der Waals surface area contributed by atoms with Gasteiger partial charge in [-0.05, 0) is 169 Å². The molecule has 0 fully saturated rings. The summed E-state index contributed by atoms with van der Waals surface area (Å²) in [4.78, 5) is 0. The van der Waals surface area contributed by atoms with Crippen LogP contribution < -0.4 is 14.2 Å². The zero-order valence-electron chi connectivity index (χ0n) is 41.6. The van der Waals surface area contributed by atoms with E-state index in [-0.39, 0.29) is 18.5 Å². The Labute approximate surface area is 420 Å². The highest BCUT2D eigenvalue weighted by Gasteiger charge is 2.32. The van der Waals surface area contributed by atoms with Gasteiger partial charge in [0.15, 0.2) is 12.6 Å². The SMILES string of the molecule is CCOC(COc1ccc(C2=C(c3ccccc3)CCc3cc(OCc4ccccc4)ccc32)cc1)OCC.CCOC(COc1ccc([C@@H]2c3ccc(O)cc3CC[C@@H]2c2ccccc2)cc1)OCC. The fourth-order valence-electron chi connectivity index (χ4n) is 9.78. The van der Waals surface area contributed by atoms with Gasteiger partial charge in [0, 0.05) is 32.3 Å². The number of ether oxygens (including phenoxy) is 7. The van der Waals surface area contributed by atoms with Crippen molar-refractivity contribution in [1.82, 2.24) is 0 Å². The predicted octanol–water partition coefficient (Wildman–Crippen LogP) is 14.0. The van der Waals surface area contributed by atoms with Crippen LogP contribution in [0.4, 0.5) is 0 Å². The van der Waals surface area contributed by atoms with Gasteiger partial charge in [0.1, 0.15) is 42.8 Å². The van der Waals surface area contributed by atoms with Crippen molar-refractivity contribution >= 4 is 11.1 Å². The molecule has 0 spiro atoms. The van der Waals surface area contributed by atoms with Gasteiger partial charge in [-0.15, -0.1) is 0 Å². The maximum atomic E-state index is 10.0. The van der Waals surface area contributed by atoms with E-state index < -0.39 is 0 Å². The molecule has 8 nitrogen and oxygen atoms in total. The molecule has 2 atom stereocenters. The lowest BCUT2D eigenvalue weighted by Gasteiger charge is -2.35. The quantitative estimate of drug-likeness (QED) is 0.0713. The summed E-state index contributed by atoms with van der Waals surface area (Å²) in [6, 6.07) is 60.8. The number of aryl methyl sites for hydroxylation is 2. The first-order chi connectivity index (χ1) is 34.9. The van der Waals surface area contributed by atoms with Gasteiger partial charge < -0.3 is 38.3 Å². The zero-order chi connectivity index (χ0) is 49.2. The van der Waals surface area contributed by atoms with Gasteiger partial charge >= 0.3 is 0 Å². The molecule has 2 aliphatic rings. The van der Waals surface area contributed by atoms with Gasteiger partial charge in [0.05, 0.1) is 0 Å². The molecule has 0 aromatic heterocycles. The van der Waals surface area contributed by atoms with Crippen molar-refractivity contribution in [3.63, 3.8) is 0 Å². The van der Waals surface area contributed by atoms with Gasteiger partial charge in [-0.1, -0.05) is 127 Å². The maximum absolute atomic E-state index is 10.0. The zero-order valence-corrected chi connectivity index (χ0v) is 41.6. The first-order valence-electron chi connectivity index (χ1n) is 25.3. The second-order valence-corrected chi connectivity index (χ2v) is 17.6. The molecule has 0 saturated heterocycles. The Morgan fingerprint density at radius 2 is 1.04 bits per heavy atom. The smallest absolute Gasteiger partial charge is 0.191 e. The Balaban J connectivity index is 0.000000194. The van der Waals surface area contributed by atoms with Crippen molar-refractivity contribution in [1.29, 1.82) is 0 Å². The summed E-state index contributed by atoms with van der Waals surface area (Å²) in [5, 5.41) is 10.0. The van der Waals surface area contributed by atoms with Crippen LogP contribution in [-0.4, -0.2) is 57.3 Å². The Morgan fingerprint density at radius 3 is 1.65 bits per heavy atom. The largest absolute Gasteiger partial charge is 0.508 e. The Kier molecular flexibility index (Phi) is 18.5. The number of rotatable bonds is 21. The second-order valence-electron chi connectivity index (χ2n) is 17.6. The van der Waals surface area contributed by atoms with Gasteiger partial charge in [0.25, 0.3) is 0 Å². The molecule has 1 N–H and O–H groups in total. The van der Waals surface area contributed by atoms with E-state index in [0.29, 0.717) is 57.9 Å². The average molecular weight is 953 g/mol. The van der Waals surface area contributed by atoms with E-state index in [0.717, 1.165) is 42.9 Å². The van der Waals surface area contributed by atoms with Crippen LogP contribution in [0.2, 0.25) is 0 Å². The van der Waals surface area contributed by atoms with Gasteiger partial charge in [0.2, 0.25) is 0 Å². The number of benzene rings is 7. The normalized spacial score (nSPS) is 15.1. The van der Waals surface area contributed by atoms with Crippen molar-refractivity contribution in [3.05, 3.63) is 226 Å². The highest BCUT2D eigenvalue weighted by Crippen LogP contribution is 2.47. The van der Waals surface area contributed by atoms with Crippen molar-refractivity contribution in [2.45, 2.75) is 84.4 Å². The summed E-state index contributed by atoms with van der Waals surface area (Å²) in [6.45, 7) is 11.4. The molecule has 0 bridgehead atoms. The van der Waals surface area contributed by atoms with Crippen LogP contribution in [0.25, 0.3) is 11.1 Å². The van der Waals surface area contributed by atoms with Crippen molar-refractivity contribution in [3.8, 4) is 23.0 Å². The van der Waals surface area contributed by atoms with E-state index in [9.17, 15) is 5.11 Å². The summed E-state index contributed by atoms with van der Waals surface area (Å²) in [5.41, 5.74) is 13.9. The highest BCUT2D eigenvalue weighted by atomic mass is 16.7. The predicted molar refractivity (Wildman–Crippen MR) is 283 cm³/mol. The second kappa shape index (κ2) is 26.0. The van der Waals surface area contributed by atoms with E-state index in [1.54, 1.807) is 6.07 Å². The van der Waals surface area contributed by atoms with Gasteiger partial charge in [-0.2, -0.15) is 0 Å². The van der Waals surface area contributed by atoms with E-state index in [4.69, 9.17) is 33.2 Å². The molecule has 0 saturated carbocycles. The number of fused-ring (bicyclic) bond motifs is 2. The number of hydrogen-bond acceptors (Lipinski definition) is 8. The lowest BCUT2D eigenvalue weighted by Crippen LogP contribution is -2.25. The van der Waals surface area contributed by atoms with E-state index in [1.807, 2.05) is 76.2 Å². The number of hydrogen-bond donors (Lipinski definition) is 1. The van der Waals surface area contributed by atoms with E-state index in [1.165, 1.54) is 61.2 Å². The minimum Gasteiger partial charge on any atom is -0.508 e. The number of phenols is 1. The molecule has 7 aromatic carbocycles. The molecule has 7 aromatic rings. The summed E-state index contributed by atoms with van der Waals surface area (Å²) in [7, 11) is 0. The van der Waals surface area contributed by atoms with E-state index in [2.05, 4.69) is 121 Å². The minimum absolute atomic E-state index is 0.232. The van der Waals surface area contributed by atoms with Gasteiger partial charge in [-0.3, -0.25) is 0 Å². The van der Waals surface area contributed by atoms with Crippen LogP contribution in [0, 0.1) is 0 Å². The van der Waals surface area contributed by atoms with Crippen molar-refractivity contribution < 1.29 is 38.3 Å². The topological polar surface area (TPSA) is 84.8 Å². The fraction of sp³-hybridized carbons (Fsp3) is 0.302. The molecule has 2 aliphatic carbocycles. The molecular formula is C63H68O8. The Bertz CT molecular complexity index is 2710. The number of aromatic hydroxyl groups is 1. The summed E-state index contributed by atoms with van der Waals surface area (Å²) < 4.78 is 40.4. The van der Waals surface area contributed by atoms with Crippen LogP contribution in [-0.2, 0) is 38.4 Å². The van der Waals surface area contributed by atoms with Crippen LogP contribution in [0.3, 0.4) is 0 Å². The molecule has 368 valence electrons. The number of allylic oxidation sites excluding steroid dienone is 1. The third-order valence-corrected chi connectivity index (χ3v) is 13.0. The summed E-state index contributed by atoms with van der Waals surface area (Å²) in [6.07, 6.45) is 3.24.